The van der Waals surface area contributed by atoms with E-state index in [1.807, 2.05) is 5.57 Å². The maximum Gasteiger partial charge on any atom is 0.00195 e. The minimum atomic E-state index is 0.852. The molecule has 0 aromatic carbocycles. The quantitative estimate of drug-likeness (QED) is 0.400. The van der Waals surface area contributed by atoms with E-state index >= 15 is 0 Å². The Labute approximate surface area is 120 Å². The molecule has 1 heteroatoms. The molecule has 110 valence electrons. The van der Waals surface area contributed by atoms with Crippen molar-refractivity contribution in [2.24, 2.45) is 11.8 Å². The fourth-order valence-electron chi connectivity index (χ4n) is 3.95. The normalized spacial score (nSPS) is 23.7. The number of rotatable bonds is 6. The molecule has 1 unspecified atom stereocenters. The van der Waals surface area contributed by atoms with E-state index in [4.69, 9.17) is 0 Å². The summed E-state index contributed by atoms with van der Waals surface area (Å²) in [7, 11) is 0. The molecule has 2 rings (SSSR count). The number of hydrogen-bond acceptors (Lipinski definition) is 1. The molecule has 0 saturated heterocycles. The number of nitrogens with one attached hydrogen (secondary N) is 1. The van der Waals surface area contributed by atoms with Crippen molar-refractivity contribution in [3.05, 3.63) is 11.6 Å². The predicted octanol–water partition coefficient (Wildman–Crippen LogP) is 5.07. The molecule has 1 saturated carbocycles. The maximum absolute atomic E-state index is 3.71. The van der Waals surface area contributed by atoms with Gasteiger partial charge in [-0.3, -0.25) is 0 Å². The second kappa shape index (κ2) is 8.79. The fourth-order valence-corrected chi connectivity index (χ4v) is 3.95. The Morgan fingerprint density at radius 3 is 2.53 bits per heavy atom. The van der Waals surface area contributed by atoms with E-state index in [-0.39, 0.29) is 0 Å². The van der Waals surface area contributed by atoms with Crippen LogP contribution in [0.2, 0.25) is 0 Å². The van der Waals surface area contributed by atoms with Crippen LogP contribution < -0.4 is 5.32 Å². The summed E-state index contributed by atoms with van der Waals surface area (Å²) in [5.74, 6) is 1.82. The lowest BCUT2D eigenvalue weighted by Crippen LogP contribution is -2.30. The second-order valence-electron chi connectivity index (χ2n) is 6.59. The van der Waals surface area contributed by atoms with E-state index in [0.29, 0.717) is 0 Å². The van der Waals surface area contributed by atoms with Gasteiger partial charge in [0.1, 0.15) is 0 Å². The summed E-state index contributed by atoms with van der Waals surface area (Å²) < 4.78 is 0. The maximum atomic E-state index is 3.71. The topological polar surface area (TPSA) is 12.0 Å². The van der Waals surface area contributed by atoms with Crippen LogP contribution >= 0.6 is 0 Å². The molecule has 1 fully saturated rings. The van der Waals surface area contributed by atoms with Gasteiger partial charge < -0.3 is 5.32 Å². The first-order valence-electron chi connectivity index (χ1n) is 8.81. The minimum absolute atomic E-state index is 0.852. The van der Waals surface area contributed by atoms with Crippen LogP contribution in [-0.2, 0) is 0 Å². The standard InChI is InChI=1S/C18H33N/c1-2-14-19-15-18(17-12-8-5-9-13-17)16-10-6-3-4-7-11-16/h12,16,18-19H,2-11,13-15H2,1H3. The summed E-state index contributed by atoms with van der Waals surface area (Å²) in [6.45, 7) is 4.70. The highest BCUT2D eigenvalue weighted by atomic mass is 14.9. The van der Waals surface area contributed by atoms with E-state index in [2.05, 4.69) is 18.3 Å². The van der Waals surface area contributed by atoms with Crippen molar-refractivity contribution >= 4 is 0 Å². The molecule has 0 radical (unpaired) electrons. The van der Waals surface area contributed by atoms with Crippen LogP contribution in [-0.4, -0.2) is 13.1 Å². The van der Waals surface area contributed by atoms with Crippen LogP contribution in [0.5, 0.6) is 0 Å². The summed E-state index contributed by atoms with van der Waals surface area (Å²) >= 11 is 0. The van der Waals surface area contributed by atoms with Gasteiger partial charge in [0, 0.05) is 6.54 Å². The molecule has 0 aromatic heterocycles. The van der Waals surface area contributed by atoms with Crippen LogP contribution in [0.15, 0.2) is 11.6 Å². The van der Waals surface area contributed by atoms with Crippen LogP contribution in [0.25, 0.3) is 0 Å². The average molecular weight is 263 g/mol. The van der Waals surface area contributed by atoms with Crippen LogP contribution in [0.3, 0.4) is 0 Å². The summed E-state index contributed by atoms with van der Waals surface area (Å²) in [5.41, 5.74) is 1.81. The molecule has 0 aliphatic heterocycles. The van der Waals surface area contributed by atoms with Crippen molar-refractivity contribution in [1.82, 2.24) is 5.32 Å². The average Bonchev–Trinajstić information content (AvgIpc) is 2.74. The van der Waals surface area contributed by atoms with E-state index in [1.165, 1.54) is 83.7 Å². The molecule has 0 aromatic rings. The van der Waals surface area contributed by atoms with Gasteiger partial charge in [0.05, 0.1) is 0 Å². The first-order chi connectivity index (χ1) is 9.42. The first-order valence-corrected chi connectivity index (χ1v) is 8.81. The Morgan fingerprint density at radius 2 is 1.89 bits per heavy atom. The Bertz CT molecular complexity index is 261. The van der Waals surface area contributed by atoms with Gasteiger partial charge in [-0.2, -0.15) is 0 Å². The van der Waals surface area contributed by atoms with E-state index < -0.39 is 0 Å². The fraction of sp³-hybridized carbons (Fsp3) is 0.889. The first kappa shape index (κ1) is 15.1. The molecular weight excluding hydrogens is 230 g/mol. The van der Waals surface area contributed by atoms with Crippen molar-refractivity contribution in [2.75, 3.05) is 13.1 Å². The van der Waals surface area contributed by atoms with Gasteiger partial charge in [-0.15, -0.1) is 0 Å². The predicted molar refractivity (Wildman–Crippen MR) is 84.4 cm³/mol. The third-order valence-corrected chi connectivity index (χ3v) is 5.06. The SMILES string of the molecule is CCCNCC(C1=CCCCC1)C1CCCCCC1. The molecule has 0 amide bonds. The smallest absolute Gasteiger partial charge is 0.00195 e. The number of hydrogen-bond donors (Lipinski definition) is 1. The Hall–Kier alpha value is -0.300. The summed E-state index contributed by atoms with van der Waals surface area (Å²) in [6.07, 6.45) is 18.3. The third-order valence-electron chi connectivity index (χ3n) is 5.06. The summed E-state index contributed by atoms with van der Waals surface area (Å²) in [6, 6.07) is 0. The van der Waals surface area contributed by atoms with Gasteiger partial charge in [-0.05, 0) is 63.3 Å². The Kier molecular flexibility index (Phi) is 6.98. The van der Waals surface area contributed by atoms with Gasteiger partial charge in [0.25, 0.3) is 0 Å². The lowest BCUT2D eigenvalue weighted by molar-refractivity contribution is 0.314. The molecule has 19 heavy (non-hydrogen) atoms. The highest BCUT2D eigenvalue weighted by molar-refractivity contribution is 5.11. The van der Waals surface area contributed by atoms with Crippen molar-refractivity contribution in [1.29, 1.82) is 0 Å². The lowest BCUT2D eigenvalue weighted by Gasteiger charge is -2.31. The van der Waals surface area contributed by atoms with E-state index in [9.17, 15) is 0 Å². The van der Waals surface area contributed by atoms with Gasteiger partial charge in [0.15, 0.2) is 0 Å². The van der Waals surface area contributed by atoms with Crippen molar-refractivity contribution in [3.8, 4) is 0 Å². The van der Waals surface area contributed by atoms with Gasteiger partial charge in [0.2, 0.25) is 0 Å². The second-order valence-corrected chi connectivity index (χ2v) is 6.59. The molecule has 1 N–H and O–H groups in total. The zero-order chi connectivity index (χ0) is 13.3. The van der Waals surface area contributed by atoms with Crippen LogP contribution in [0, 0.1) is 11.8 Å². The van der Waals surface area contributed by atoms with E-state index in [0.717, 1.165) is 11.8 Å². The highest BCUT2D eigenvalue weighted by Crippen LogP contribution is 2.36. The lowest BCUT2D eigenvalue weighted by atomic mass is 9.77. The monoisotopic (exact) mass is 263 g/mol. The molecule has 1 nitrogen and oxygen atoms in total. The highest BCUT2D eigenvalue weighted by Gasteiger charge is 2.25. The van der Waals surface area contributed by atoms with Crippen molar-refractivity contribution < 1.29 is 0 Å². The molecule has 2 aliphatic carbocycles. The summed E-state index contributed by atoms with van der Waals surface area (Å²) in [5, 5.41) is 3.71. The molecule has 0 spiro atoms. The Morgan fingerprint density at radius 1 is 1.11 bits per heavy atom. The van der Waals surface area contributed by atoms with Gasteiger partial charge >= 0.3 is 0 Å². The zero-order valence-corrected chi connectivity index (χ0v) is 12.9. The molecular formula is C18H33N. The number of allylic oxidation sites excluding steroid dienone is 1. The largest absolute Gasteiger partial charge is 0.316 e. The van der Waals surface area contributed by atoms with Crippen molar-refractivity contribution in [3.63, 3.8) is 0 Å². The molecule has 2 aliphatic rings. The van der Waals surface area contributed by atoms with Crippen molar-refractivity contribution in [2.45, 2.75) is 77.6 Å². The third kappa shape index (κ3) is 4.95. The van der Waals surface area contributed by atoms with E-state index in [1.54, 1.807) is 0 Å². The Balaban J connectivity index is 1.96. The molecule has 1 atom stereocenters. The zero-order valence-electron chi connectivity index (χ0n) is 12.9. The van der Waals surface area contributed by atoms with Crippen LogP contribution in [0.1, 0.15) is 77.6 Å². The minimum Gasteiger partial charge on any atom is -0.316 e. The van der Waals surface area contributed by atoms with Gasteiger partial charge in [-0.25, -0.2) is 0 Å². The van der Waals surface area contributed by atoms with Crippen LogP contribution in [0.4, 0.5) is 0 Å². The molecule has 0 bridgehead atoms. The van der Waals surface area contributed by atoms with Gasteiger partial charge in [-0.1, -0.05) is 44.3 Å². The summed E-state index contributed by atoms with van der Waals surface area (Å²) in [4.78, 5) is 0. The molecule has 0 heterocycles.